The second kappa shape index (κ2) is 9.23. The summed E-state index contributed by atoms with van der Waals surface area (Å²) in [5, 5.41) is 8.56. The summed E-state index contributed by atoms with van der Waals surface area (Å²) in [4.78, 5) is 21.3. The fraction of sp³-hybridized carbons (Fsp3) is 0.100. The van der Waals surface area contributed by atoms with Crippen LogP contribution in [0.25, 0.3) is 16.7 Å². The molecule has 2 aromatic carbocycles. The lowest BCUT2D eigenvalue weighted by molar-refractivity contribution is -0.113. The predicted octanol–water partition coefficient (Wildman–Crippen LogP) is 4.86. The van der Waals surface area contributed by atoms with E-state index < -0.39 is 5.76 Å². The molecule has 1 amide bonds. The van der Waals surface area contributed by atoms with Gasteiger partial charge in [-0.2, -0.15) is 13.9 Å². The summed E-state index contributed by atoms with van der Waals surface area (Å²) in [5.74, 6) is -2.56. The summed E-state index contributed by atoms with van der Waals surface area (Å²) in [6.07, 6.45) is 3.13. The van der Waals surface area contributed by atoms with Crippen LogP contribution in [0.5, 0.6) is 0 Å². The third-order valence-corrected chi connectivity index (χ3v) is 5.76. The van der Waals surface area contributed by atoms with E-state index in [1.54, 1.807) is 35.1 Å². The van der Waals surface area contributed by atoms with E-state index in [9.17, 15) is 13.6 Å². The number of carbonyl (C=O) groups is 1. The number of nitrogens with zero attached hydrogens (tertiary/aromatic N) is 4. The number of anilines is 1. The average molecular weight is 444 g/mol. The van der Waals surface area contributed by atoms with Crippen LogP contribution in [0.1, 0.15) is 0 Å². The number of thioether (sulfide) groups is 2. The Morgan fingerprint density at radius 2 is 1.83 bits per heavy atom. The highest BCUT2D eigenvalue weighted by molar-refractivity contribution is 8.00. The first kappa shape index (κ1) is 20.3. The Balaban J connectivity index is 1.42. The fourth-order valence-corrected chi connectivity index (χ4v) is 4.01. The van der Waals surface area contributed by atoms with Gasteiger partial charge in [0.25, 0.3) is 5.76 Å². The first-order valence-electron chi connectivity index (χ1n) is 8.82. The van der Waals surface area contributed by atoms with Crippen molar-refractivity contribution in [1.29, 1.82) is 0 Å². The molecule has 0 saturated heterocycles. The van der Waals surface area contributed by atoms with Crippen molar-refractivity contribution < 1.29 is 13.6 Å². The molecule has 30 heavy (non-hydrogen) atoms. The lowest BCUT2D eigenvalue weighted by Crippen LogP contribution is -2.14. The van der Waals surface area contributed by atoms with Gasteiger partial charge in [-0.05, 0) is 36.4 Å². The minimum absolute atomic E-state index is 0.135. The summed E-state index contributed by atoms with van der Waals surface area (Å²) >= 11 is 1.74. The molecule has 152 valence electrons. The molecule has 0 spiro atoms. The molecule has 0 bridgehead atoms. The van der Waals surface area contributed by atoms with Gasteiger partial charge < -0.3 is 5.32 Å². The maximum atomic E-state index is 12.4. The van der Waals surface area contributed by atoms with Crippen LogP contribution in [0.4, 0.5) is 14.5 Å². The Hall–Kier alpha value is -2.98. The molecule has 0 radical (unpaired) electrons. The van der Waals surface area contributed by atoms with Crippen molar-refractivity contribution in [2.24, 2.45) is 0 Å². The molecule has 2 aromatic heterocycles. The molecular weight excluding hydrogens is 428 g/mol. The molecular formula is C20H15F2N5OS2. The van der Waals surface area contributed by atoms with Crippen molar-refractivity contribution in [2.75, 3.05) is 11.1 Å². The van der Waals surface area contributed by atoms with E-state index in [2.05, 4.69) is 20.4 Å². The summed E-state index contributed by atoms with van der Waals surface area (Å²) < 4.78 is 26.5. The summed E-state index contributed by atoms with van der Waals surface area (Å²) in [7, 11) is 0. The van der Waals surface area contributed by atoms with Gasteiger partial charge >= 0.3 is 0 Å². The Labute approximate surface area is 179 Å². The van der Waals surface area contributed by atoms with Gasteiger partial charge in [0.15, 0.2) is 5.65 Å². The number of aromatic nitrogens is 4. The normalized spacial score (nSPS) is 11.2. The Morgan fingerprint density at radius 1 is 1.07 bits per heavy atom. The van der Waals surface area contributed by atoms with E-state index in [1.165, 1.54) is 18.1 Å². The maximum absolute atomic E-state index is 12.4. The standard InChI is InChI=1S/C20H15F2N5OS2/c21-20(22)30-15-8-6-13(7-9-15)26-17(28)11-29-19-16-10-25-27(18(16)23-12-24-19)14-4-2-1-3-5-14/h1-10,12,20H,11H2,(H,26,28). The van der Waals surface area contributed by atoms with Gasteiger partial charge in [0, 0.05) is 10.6 Å². The number of fused-ring (bicyclic) bond motifs is 1. The van der Waals surface area contributed by atoms with E-state index in [0.717, 1.165) is 11.1 Å². The number of halogens is 2. The minimum Gasteiger partial charge on any atom is -0.325 e. The topological polar surface area (TPSA) is 72.7 Å². The predicted molar refractivity (Wildman–Crippen MR) is 114 cm³/mol. The van der Waals surface area contributed by atoms with E-state index >= 15 is 0 Å². The summed E-state index contributed by atoms with van der Waals surface area (Å²) in [6.45, 7) is 0. The van der Waals surface area contributed by atoms with Crippen LogP contribution in [0.2, 0.25) is 0 Å². The van der Waals surface area contributed by atoms with Gasteiger partial charge in [-0.1, -0.05) is 41.7 Å². The van der Waals surface area contributed by atoms with Crippen LogP contribution in [0.15, 0.2) is 77.0 Å². The molecule has 4 rings (SSSR count). The molecule has 0 aliphatic rings. The van der Waals surface area contributed by atoms with E-state index in [0.29, 0.717) is 33.0 Å². The molecule has 0 fully saturated rings. The molecule has 0 saturated carbocycles. The first-order chi connectivity index (χ1) is 14.6. The largest absolute Gasteiger partial charge is 0.325 e. The van der Waals surface area contributed by atoms with Gasteiger partial charge in [-0.15, -0.1) is 0 Å². The Morgan fingerprint density at radius 3 is 2.57 bits per heavy atom. The van der Waals surface area contributed by atoms with Crippen LogP contribution >= 0.6 is 23.5 Å². The van der Waals surface area contributed by atoms with Crippen LogP contribution < -0.4 is 5.32 Å². The number of rotatable bonds is 7. The zero-order valence-corrected chi connectivity index (χ0v) is 17.0. The quantitative estimate of drug-likeness (QED) is 0.325. The smallest absolute Gasteiger partial charge is 0.288 e. The number of hydrogen-bond donors (Lipinski definition) is 1. The third-order valence-electron chi connectivity index (χ3n) is 4.03. The summed E-state index contributed by atoms with van der Waals surface area (Å²) in [6, 6.07) is 15.9. The van der Waals surface area contributed by atoms with Gasteiger partial charge in [-0.3, -0.25) is 4.79 Å². The van der Waals surface area contributed by atoms with Crippen LogP contribution in [0, 0.1) is 0 Å². The van der Waals surface area contributed by atoms with Gasteiger partial charge in [0.05, 0.1) is 23.0 Å². The average Bonchev–Trinajstić information content (AvgIpc) is 3.19. The van der Waals surface area contributed by atoms with E-state index in [1.807, 2.05) is 30.3 Å². The minimum atomic E-state index is -2.47. The van der Waals surface area contributed by atoms with Gasteiger partial charge in [-0.25, -0.2) is 14.6 Å². The molecule has 2 heterocycles. The van der Waals surface area contributed by atoms with Gasteiger partial charge in [0.1, 0.15) is 11.4 Å². The highest BCUT2D eigenvalue weighted by Crippen LogP contribution is 2.27. The zero-order valence-electron chi connectivity index (χ0n) is 15.4. The third kappa shape index (κ3) is 4.77. The van der Waals surface area contributed by atoms with Crippen molar-refractivity contribution in [3.63, 3.8) is 0 Å². The molecule has 0 unspecified atom stereocenters. The second-order valence-corrected chi connectivity index (χ2v) is 8.08. The van der Waals surface area contributed by atoms with Crippen LogP contribution in [-0.2, 0) is 4.79 Å². The number of hydrogen-bond acceptors (Lipinski definition) is 6. The molecule has 0 aliphatic heterocycles. The van der Waals surface area contributed by atoms with E-state index in [4.69, 9.17) is 0 Å². The number of alkyl halides is 2. The lowest BCUT2D eigenvalue weighted by Gasteiger charge is -2.07. The number of carbonyl (C=O) groups excluding carboxylic acids is 1. The molecule has 0 aliphatic carbocycles. The van der Waals surface area contributed by atoms with Crippen molar-refractivity contribution in [3.05, 3.63) is 67.1 Å². The monoisotopic (exact) mass is 443 g/mol. The molecule has 0 atom stereocenters. The van der Waals surface area contributed by atoms with E-state index in [-0.39, 0.29) is 11.7 Å². The fourth-order valence-electron chi connectivity index (χ4n) is 2.75. The van der Waals surface area contributed by atoms with Gasteiger partial charge in [0.2, 0.25) is 5.91 Å². The van der Waals surface area contributed by atoms with Crippen molar-refractivity contribution in [2.45, 2.75) is 15.7 Å². The van der Waals surface area contributed by atoms with Crippen molar-refractivity contribution in [3.8, 4) is 5.69 Å². The number of benzene rings is 2. The highest BCUT2D eigenvalue weighted by Gasteiger charge is 2.13. The van der Waals surface area contributed by atoms with Crippen LogP contribution in [-0.4, -0.2) is 37.2 Å². The first-order valence-corrected chi connectivity index (χ1v) is 10.7. The number of amides is 1. The van der Waals surface area contributed by atoms with Crippen molar-refractivity contribution in [1.82, 2.24) is 19.7 Å². The molecule has 4 aromatic rings. The lowest BCUT2D eigenvalue weighted by atomic mass is 10.3. The summed E-state index contributed by atoms with van der Waals surface area (Å²) in [5.41, 5.74) is 2.09. The number of nitrogens with one attached hydrogen (secondary N) is 1. The molecule has 1 N–H and O–H groups in total. The van der Waals surface area contributed by atoms with Crippen molar-refractivity contribution >= 4 is 46.2 Å². The molecule has 10 heteroatoms. The molecule has 6 nitrogen and oxygen atoms in total. The van der Waals surface area contributed by atoms with Crippen LogP contribution in [0.3, 0.4) is 0 Å². The number of para-hydroxylation sites is 1. The highest BCUT2D eigenvalue weighted by atomic mass is 32.2. The zero-order chi connectivity index (χ0) is 20.9. The Kier molecular flexibility index (Phi) is 6.24. The SMILES string of the molecule is O=C(CSc1ncnc2c1cnn2-c1ccccc1)Nc1ccc(SC(F)F)cc1. The Bertz CT molecular complexity index is 1150. The second-order valence-electron chi connectivity index (χ2n) is 6.05. The maximum Gasteiger partial charge on any atom is 0.288 e.